The number of aromatic hydroxyl groups is 1. The minimum atomic E-state index is -1.84. The Bertz CT molecular complexity index is 3720. The highest BCUT2D eigenvalue weighted by Crippen LogP contribution is 2.53. The van der Waals surface area contributed by atoms with Gasteiger partial charge in [-0.2, -0.15) is 10.2 Å². The molecule has 23 heteroatoms. The van der Waals surface area contributed by atoms with Crippen LogP contribution in [0.2, 0.25) is 15.1 Å². The van der Waals surface area contributed by atoms with E-state index in [9.17, 15) is 24.8 Å². The van der Waals surface area contributed by atoms with E-state index in [-0.39, 0.29) is 124 Å². The SMILES string of the molecule is COc1cc(C(=O)NCCOCCOCCN(C)C(=O)CCNc2nc(N3CCNCC3)c3cc(Cl)c(-c4cc(O)cc5ccccc45)c(F)c3n2)ccc1NC(=O)C1NC(CC(C)(C)C)C(C#N)(c2ccc(Cl)cc2F)C1c1cccc(Cl)c1F. The molecular formula is C63H66Cl3F3N10O7. The monoisotopic (exact) mass is 1240 g/mol. The van der Waals surface area contributed by atoms with E-state index in [4.69, 9.17) is 54.0 Å². The lowest BCUT2D eigenvalue weighted by atomic mass is 9.62. The van der Waals surface area contributed by atoms with Crippen LogP contribution in [0.1, 0.15) is 61.0 Å². The number of halogens is 6. The van der Waals surface area contributed by atoms with Gasteiger partial charge in [-0.3, -0.25) is 14.4 Å². The lowest BCUT2D eigenvalue weighted by Crippen LogP contribution is -2.45. The van der Waals surface area contributed by atoms with Gasteiger partial charge in [-0.15, -0.1) is 0 Å². The fourth-order valence-corrected chi connectivity index (χ4v) is 11.9. The van der Waals surface area contributed by atoms with Crippen LogP contribution in [0.3, 0.4) is 0 Å². The predicted octanol–water partition coefficient (Wildman–Crippen LogP) is 10.6. The molecule has 2 aliphatic heterocycles. The van der Waals surface area contributed by atoms with Crippen LogP contribution in [0.5, 0.6) is 11.5 Å². The molecule has 0 bridgehead atoms. The summed E-state index contributed by atoms with van der Waals surface area (Å²) < 4.78 is 66.2. The van der Waals surface area contributed by atoms with E-state index in [0.29, 0.717) is 54.9 Å². The molecule has 1 aromatic heterocycles. The summed E-state index contributed by atoms with van der Waals surface area (Å²) in [5.41, 5.74) is -1.45. The molecule has 0 radical (unpaired) electrons. The number of fused-ring (bicyclic) bond motifs is 2. The van der Waals surface area contributed by atoms with Gasteiger partial charge in [-0.1, -0.05) is 98.0 Å². The third-order valence-electron chi connectivity index (χ3n) is 15.4. The van der Waals surface area contributed by atoms with Crippen molar-refractivity contribution in [2.24, 2.45) is 5.41 Å². The van der Waals surface area contributed by atoms with Crippen LogP contribution in [-0.2, 0) is 24.5 Å². The Morgan fingerprint density at radius 1 is 0.872 bits per heavy atom. The molecule has 2 aliphatic rings. The molecule has 0 aliphatic carbocycles. The van der Waals surface area contributed by atoms with Gasteiger partial charge in [-0.25, -0.2) is 18.2 Å². The second-order valence-corrected chi connectivity index (χ2v) is 23.6. The number of amides is 3. The number of rotatable bonds is 22. The highest BCUT2D eigenvalue weighted by Gasteiger charge is 2.61. The summed E-state index contributed by atoms with van der Waals surface area (Å²) in [5, 5.41) is 39.0. The molecule has 4 unspecified atom stereocenters. The van der Waals surface area contributed by atoms with Gasteiger partial charge in [0.2, 0.25) is 17.8 Å². The molecule has 6 aromatic carbocycles. The molecule has 17 nitrogen and oxygen atoms in total. The van der Waals surface area contributed by atoms with Gasteiger partial charge in [0.25, 0.3) is 5.91 Å². The third kappa shape index (κ3) is 13.8. The van der Waals surface area contributed by atoms with Gasteiger partial charge < -0.3 is 55.7 Å². The molecule has 452 valence electrons. The van der Waals surface area contributed by atoms with Gasteiger partial charge in [0, 0.05) is 98.3 Å². The number of methoxy groups -OCH3 is 1. The van der Waals surface area contributed by atoms with Crippen molar-refractivity contribution in [3.05, 3.63) is 146 Å². The Kier molecular flexibility index (Phi) is 20.1. The van der Waals surface area contributed by atoms with Gasteiger partial charge in [0.05, 0.1) is 61.4 Å². The van der Waals surface area contributed by atoms with E-state index in [1.807, 2.05) is 49.9 Å². The van der Waals surface area contributed by atoms with Crippen molar-refractivity contribution in [1.29, 1.82) is 5.26 Å². The Balaban J connectivity index is 0.746. The molecule has 0 saturated carbocycles. The highest BCUT2D eigenvalue weighted by atomic mass is 35.5. The van der Waals surface area contributed by atoms with Crippen molar-refractivity contribution in [2.45, 2.75) is 57.0 Å². The number of phenols is 1. The maximum Gasteiger partial charge on any atom is 0.251 e. The number of carbonyl (C=O) groups is 3. The van der Waals surface area contributed by atoms with E-state index in [2.05, 4.69) is 37.6 Å². The topological polar surface area (TPSA) is 215 Å². The Labute approximate surface area is 511 Å². The standard InChI is InChI=1S/C63H66Cl3F3N10O7/c1-62(2,3)34-50-63(35-70,44-15-14-38(64)31-47(44)67)53(41-11-8-12-45(65)54(41)68)57(75-50)60(83)74-48-16-13-37(30-49(48)84-5)59(82)72-21-25-85-27-28-86-26-24-78(4)51(81)17-18-73-61-76-56-43(58(77-61)79-22-19-71-20-23-79)33-46(66)52(55(56)69)42-32-39(80)29-36-9-6-7-10-40(36)42/h6-16,29-33,50,53,57,71,75,80H,17-28,34H2,1-5H3,(H,72,82)(H,74,83)(H,73,76,77). The van der Waals surface area contributed by atoms with Crippen molar-refractivity contribution in [1.82, 2.24) is 30.8 Å². The highest BCUT2D eigenvalue weighted by molar-refractivity contribution is 6.35. The molecule has 3 heterocycles. The summed E-state index contributed by atoms with van der Waals surface area (Å²) in [5.74, 6) is -4.17. The number of carbonyl (C=O) groups excluding carboxylic acids is 3. The first-order valence-corrected chi connectivity index (χ1v) is 29.2. The van der Waals surface area contributed by atoms with Crippen LogP contribution >= 0.6 is 34.8 Å². The summed E-state index contributed by atoms with van der Waals surface area (Å²) in [7, 11) is 3.03. The number of ether oxygens (including phenoxy) is 3. The quantitative estimate of drug-likeness (QED) is 0.0348. The van der Waals surface area contributed by atoms with Crippen LogP contribution in [-0.4, -0.2) is 136 Å². The van der Waals surface area contributed by atoms with Gasteiger partial charge in [0.15, 0.2) is 5.82 Å². The van der Waals surface area contributed by atoms with Crippen molar-refractivity contribution in [2.75, 3.05) is 102 Å². The average Bonchev–Trinajstić information content (AvgIpc) is 1.51. The fraction of sp³-hybridized carbons (Fsp3) is 0.365. The van der Waals surface area contributed by atoms with Crippen molar-refractivity contribution in [3.8, 4) is 28.7 Å². The molecule has 86 heavy (non-hydrogen) atoms. The summed E-state index contributed by atoms with van der Waals surface area (Å²) in [4.78, 5) is 54.0. The van der Waals surface area contributed by atoms with E-state index < -0.39 is 58.1 Å². The number of nitriles is 1. The summed E-state index contributed by atoms with van der Waals surface area (Å²) in [6.07, 6.45) is 0.361. The normalized spacial score (nSPS) is 17.8. The number of anilines is 3. The minimum absolute atomic E-state index is 0.0347. The van der Waals surface area contributed by atoms with Crippen LogP contribution < -0.4 is 36.2 Å². The first-order chi connectivity index (χ1) is 41.2. The van der Waals surface area contributed by atoms with Gasteiger partial charge >= 0.3 is 0 Å². The number of benzene rings is 6. The van der Waals surface area contributed by atoms with Crippen LogP contribution in [0.25, 0.3) is 32.8 Å². The first-order valence-electron chi connectivity index (χ1n) is 28.1. The molecule has 9 rings (SSSR count). The zero-order chi connectivity index (χ0) is 61.5. The Hall–Kier alpha value is -7.48. The number of aromatic nitrogens is 2. The second-order valence-electron chi connectivity index (χ2n) is 22.3. The molecule has 3 amide bonds. The number of hydrogen-bond donors (Lipinski definition) is 6. The smallest absolute Gasteiger partial charge is 0.251 e. The lowest BCUT2D eigenvalue weighted by Gasteiger charge is -2.37. The van der Waals surface area contributed by atoms with Crippen LogP contribution in [0.4, 0.5) is 30.6 Å². The summed E-state index contributed by atoms with van der Waals surface area (Å²) in [6, 6.07) is 24.9. The number of likely N-dealkylation sites (N-methyl/N-ethyl adjacent to an activating group) is 1. The Morgan fingerprint density at radius 3 is 2.36 bits per heavy atom. The number of hydrogen-bond acceptors (Lipinski definition) is 14. The number of nitrogens with zero attached hydrogens (tertiary/aromatic N) is 5. The van der Waals surface area contributed by atoms with Gasteiger partial charge in [0.1, 0.15) is 39.9 Å². The molecule has 2 saturated heterocycles. The molecule has 2 fully saturated rings. The third-order valence-corrected chi connectivity index (χ3v) is 16.2. The number of nitrogens with one attached hydrogen (secondary N) is 5. The maximum absolute atomic E-state index is 16.9. The van der Waals surface area contributed by atoms with Crippen LogP contribution in [0, 0.1) is 34.2 Å². The fourth-order valence-electron chi connectivity index (χ4n) is 11.3. The first kappa shape index (κ1) is 63.0. The van der Waals surface area contributed by atoms with E-state index in [1.54, 1.807) is 19.2 Å². The zero-order valence-electron chi connectivity index (χ0n) is 48.1. The van der Waals surface area contributed by atoms with E-state index in [0.717, 1.165) is 11.5 Å². The van der Waals surface area contributed by atoms with E-state index in [1.165, 1.54) is 66.6 Å². The van der Waals surface area contributed by atoms with Crippen molar-refractivity contribution < 1.29 is 46.9 Å². The van der Waals surface area contributed by atoms with E-state index >= 15 is 13.2 Å². The molecular weight excluding hydrogens is 1170 g/mol. The van der Waals surface area contributed by atoms with Crippen LogP contribution in [0.15, 0.2) is 97.1 Å². The molecule has 0 spiro atoms. The largest absolute Gasteiger partial charge is 0.508 e. The number of piperazine rings is 1. The van der Waals surface area contributed by atoms with Crippen molar-refractivity contribution >= 4 is 91.7 Å². The van der Waals surface area contributed by atoms with Gasteiger partial charge in [-0.05, 0) is 88.3 Å². The molecule has 4 atom stereocenters. The summed E-state index contributed by atoms with van der Waals surface area (Å²) >= 11 is 19.3. The second kappa shape index (κ2) is 27.5. The zero-order valence-corrected chi connectivity index (χ0v) is 50.3. The van der Waals surface area contributed by atoms with Crippen molar-refractivity contribution in [3.63, 3.8) is 0 Å². The maximum atomic E-state index is 16.9. The molecule has 6 N–H and O–H groups in total. The predicted molar refractivity (Wildman–Crippen MR) is 328 cm³/mol. The summed E-state index contributed by atoms with van der Waals surface area (Å²) in [6.45, 7) is 9.88. The minimum Gasteiger partial charge on any atom is -0.508 e. The lowest BCUT2D eigenvalue weighted by molar-refractivity contribution is -0.130. The number of phenolic OH excluding ortho intramolecular Hbond substituents is 1. The molecule has 7 aromatic rings. The Morgan fingerprint density at radius 2 is 1.63 bits per heavy atom. The average molecular weight is 1240 g/mol.